The lowest BCUT2D eigenvalue weighted by Crippen LogP contribution is -2.53. The van der Waals surface area contributed by atoms with Crippen molar-refractivity contribution in [3.05, 3.63) is 67.8 Å². The van der Waals surface area contributed by atoms with Gasteiger partial charge in [0.05, 0.1) is 38.4 Å². The molecule has 6 heterocycles. The summed E-state index contributed by atoms with van der Waals surface area (Å²) >= 11 is 9.20. The van der Waals surface area contributed by atoms with Gasteiger partial charge in [-0.1, -0.05) is 17.7 Å². The fraction of sp³-hybridized carbons (Fsp3) is 0.400. The van der Waals surface area contributed by atoms with Crippen LogP contribution in [0.25, 0.3) is 0 Å². The number of aliphatic imine (C=N–C) groups is 1. The zero-order valence-corrected chi connectivity index (χ0v) is 27.9. The van der Waals surface area contributed by atoms with E-state index in [2.05, 4.69) is 15.2 Å². The predicted molar refractivity (Wildman–Crippen MR) is 176 cm³/mol. The Morgan fingerprint density at radius 1 is 1.21 bits per heavy atom. The number of amides is 2. The second kappa shape index (κ2) is 13.4. The maximum absolute atomic E-state index is 14.0. The van der Waals surface area contributed by atoms with E-state index in [1.165, 1.54) is 48.0 Å². The first-order chi connectivity index (χ1) is 23.2. The number of halogens is 2. The normalized spacial score (nSPS) is 23.2. The summed E-state index contributed by atoms with van der Waals surface area (Å²) < 4.78 is 24.5. The zero-order chi connectivity index (χ0) is 33.5. The van der Waals surface area contributed by atoms with Crippen LogP contribution < -0.4 is 15.1 Å². The first-order valence-corrected chi connectivity index (χ1v) is 17.2. The number of carbonyl (C=O) groups is 3. The number of methoxy groups -OCH3 is 1. The number of aliphatic carboxylic acids is 1. The van der Waals surface area contributed by atoms with Crippen molar-refractivity contribution >= 4 is 69.0 Å². The second-order valence-corrected chi connectivity index (χ2v) is 13.6. The van der Waals surface area contributed by atoms with Gasteiger partial charge in [0.25, 0.3) is 0 Å². The van der Waals surface area contributed by atoms with Gasteiger partial charge in [0, 0.05) is 66.0 Å². The number of carboxylic acid groups (broad SMARTS) is 1. The van der Waals surface area contributed by atoms with Gasteiger partial charge in [0.15, 0.2) is 22.1 Å². The lowest BCUT2D eigenvalue weighted by Gasteiger charge is -2.38. The van der Waals surface area contributed by atoms with Crippen molar-refractivity contribution in [1.29, 1.82) is 0 Å². The average molecular weight is 717 g/mol. The van der Waals surface area contributed by atoms with E-state index in [9.17, 15) is 23.9 Å². The number of urea groups is 1. The third kappa shape index (κ3) is 6.23. The predicted octanol–water partition coefficient (Wildman–Crippen LogP) is 2.83. The van der Waals surface area contributed by atoms with Crippen LogP contribution in [-0.2, 0) is 19.1 Å². The summed E-state index contributed by atoms with van der Waals surface area (Å²) in [5, 5.41) is 17.6. The van der Waals surface area contributed by atoms with Gasteiger partial charge in [-0.2, -0.15) is 0 Å². The van der Waals surface area contributed by atoms with Crippen LogP contribution in [0.1, 0.15) is 16.6 Å². The van der Waals surface area contributed by atoms with Gasteiger partial charge in [-0.05, 0) is 12.1 Å². The number of anilines is 2. The molecule has 2 N–H and O–H groups in total. The summed E-state index contributed by atoms with van der Waals surface area (Å²) in [6, 6.07) is 2.83. The fourth-order valence-corrected chi connectivity index (χ4v) is 8.00. The lowest BCUT2D eigenvalue weighted by molar-refractivity contribution is -0.150. The maximum Gasteiger partial charge on any atom is 0.338 e. The largest absolute Gasteiger partial charge is 0.479 e. The standard InChI is InChI=1S/C30H30ClFN8O6S2/c1-45-28(43)23-20(34-25(26-33-4-9-47-26)36-24(23)18-3-2-16(32)10-19(18)31)13-37-5-6-39-17(11-37)12-40(30(39)44)29-35-22(15-48-29)38-7-8-46-21(14-38)27(41)42/h2-4,9-10,15,17,21,24H,5-8,11-14H2,1H3,(H,34,36)(H,41,42)/t17-,21?,24?/m0/s1. The van der Waals surface area contributed by atoms with Gasteiger partial charge in [-0.3, -0.25) is 14.8 Å². The Morgan fingerprint density at radius 3 is 2.81 bits per heavy atom. The fourth-order valence-electron chi connectivity index (χ4n) is 6.30. The number of piperazine rings is 1. The molecule has 0 aliphatic carbocycles. The van der Waals surface area contributed by atoms with Crippen LogP contribution >= 0.6 is 34.3 Å². The SMILES string of the molecule is COC(=O)C1=C(CN2CCN3C(=O)N(c4nc(N5CCOC(C(=O)O)C5)cs4)C[C@@H]3C2)NC(c2nccs2)=NC1c1ccc(F)cc1Cl. The molecule has 252 valence electrons. The molecule has 1 aromatic carbocycles. The highest BCUT2D eigenvalue weighted by atomic mass is 35.5. The molecule has 2 amide bonds. The van der Waals surface area contributed by atoms with Gasteiger partial charge in [-0.15, -0.1) is 22.7 Å². The maximum atomic E-state index is 14.0. The Hall–Kier alpha value is -4.16. The molecule has 3 atom stereocenters. The Morgan fingerprint density at radius 2 is 2.06 bits per heavy atom. The Bertz CT molecular complexity index is 1800. The third-order valence-electron chi connectivity index (χ3n) is 8.62. The number of esters is 1. The van der Waals surface area contributed by atoms with Crippen molar-refractivity contribution in [2.75, 3.05) is 69.3 Å². The zero-order valence-electron chi connectivity index (χ0n) is 25.5. The molecule has 0 radical (unpaired) electrons. The summed E-state index contributed by atoms with van der Waals surface area (Å²) in [4.78, 5) is 59.7. The van der Waals surface area contributed by atoms with Crippen LogP contribution in [0.2, 0.25) is 5.02 Å². The molecule has 0 bridgehead atoms. The quantitative estimate of drug-likeness (QED) is 0.331. The number of fused-ring (bicyclic) bond motifs is 1. The number of aromatic nitrogens is 2. The van der Waals surface area contributed by atoms with Crippen molar-refractivity contribution in [3.63, 3.8) is 0 Å². The van der Waals surface area contributed by atoms with E-state index in [1.54, 1.807) is 11.1 Å². The molecule has 0 saturated carbocycles. The molecule has 7 rings (SSSR count). The number of benzene rings is 1. The van der Waals surface area contributed by atoms with E-state index >= 15 is 0 Å². The van der Waals surface area contributed by atoms with Crippen molar-refractivity contribution in [1.82, 2.24) is 25.1 Å². The Balaban J connectivity index is 1.11. The van der Waals surface area contributed by atoms with Crippen molar-refractivity contribution in [2.45, 2.75) is 18.2 Å². The number of nitrogens with one attached hydrogen (secondary N) is 1. The highest BCUT2D eigenvalue weighted by molar-refractivity contribution is 7.14. The number of ether oxygens (including phenoxy) is 2. The number of carbonyl (C=O) groups excluding carboxylic acids is 2. The summed E-state index contributed by atoms with van der Waals surface area (Å²) in [7, 11) is 1.29. The van der Waals surface area contributed by atoms with Crippen molar-refractivity contribution < 1.29 is 33.4 Å². The summed E-state index contributed by atoms with van der Waals surface area (Å²) in [5.74, 6) is -1.06. The number of hydrogen-bond acceptors (Lipinski definition) is 13. The highest BCUT2D eigenvalue weighted by Gasteiger charge is 2.43. The molecule has 3 saturated heterocycles. The van der Waals surface area contributed by atoms with Crippen molar-refractivity contribution in [3.8, 4) is 0 Å². The van der Waals surface area contributed by atoms with E-state index in [0.29, 0.717) is 72.3 Å². The number of carboxylic acids is 1. The van der Waals surface area contributed by atoms with E-state index in [-0.39, 0.29) is 35.8 Å². The van der Waals surface area contributed by atoms with Gasteiger partial charge >= 0.3 is 18.0 Å². The molecular weight excluding hydrogens is 687 g/mol. The van der Waals surface area contributed by atoms with E-state index in [1.807, 2.05) is 20.6 Å². The topological polar surface area (TPSA) is 153 Å². The summed E-state index contributed by atoms with van der Waals surface area (Å²) in [6.07, 6.45) is 0.724. The van der Waals surface area contributed by atoms with Gasteiger partial charge in [0.1, 0.15) is 17.7 Å². The van der Waals surface area contributed by atoms with Gasteiger partial charge in [0.2, 0.25) is 0 Å². The highest BCUT2D eigenvalue weighted by Crippen LogP contribution is 2.37. The van der Waals surface area contributed by atoms with E-state index in [4.69, 9.17) is 31.1 Å². The third-order valence-corrected chi connectivity index (χ3v) is 10.6. The second-order valence-electron chi connectivity index (χ2n) is 11.5. The average Bonchev–Trinajstić information content (AvgIpc) is 3.85. The van der Waals surface area contributed by atoms with Crippen LogP contribution in [0.3, 0.4) is 0 Å². The minimum absolute atomic E-state index is 0.128. The van der Waals surface area contributed by atoms with Gasteiger partial charge in [-0.25, -0.2) is 28.7 Å². The van der Waals surface area contributed by atoms with Gasteiger partial charge < -0.3 is 29.7 Å². The minimum Gasteiger partial charge on any atom is -0.479 e. The first-order valence-electron chi connectivity index (χ1n) is 15.1. The first kappa shape index (κ1) is 32.4. The lowest BCUT2D eigenvalue weighted by atomic mass is 9.95. The number of rotatable bonds is 8. The minimum atomic E-state index is -1.02. The monoisotopic (exact) mass is 716 g/mol. The smallest absolute Gasteiger partial charge is 0.338 e. The molecule has 4 aliphatic heterocycles. The molecular formula is C30H30ClFN8O6S2. The molecule has 48 heavy (non-hydrogen) atoms. The molecule has 2 aromatic heterocycles. The summed E-state index contributed by atoms with van der Waals surface area (Å²) in [5.41, 5.74) is 1.25. The van der Waals surface area contributed by atoms with Crippen LogP contribution in [0.4, 0.5) is 20.1 Å². The van der Waals surface area contributed by atoms with E-state index < -0.39 is 29.9 Å². The molecule has 2 unspecified atom stereocenters. The molecule has 3 aromatic rings. The number of morpholine rings is 1. The molecule has 0 spiro atoms. The van der Waals surface area contributed by atoms with Crippen LogP contribution in [0, 0.1) is 5.82 Å². The van der Waals surface area contributed by atoms with Crippen molar-refractivity contribution in [2.24, 2.45) is 4.99 Å². The molecule has 4 aliphatic rings. The summed E-state index contributed by atoms with van der Waals surface area (Å²) in [6.45, 7) is 3.21. The number of thiazole rings is 2. The van der Waals surface area contributed by atoms with Crippen LogP contribution in [0.5, 0.6) is 0 Å². The number of nitrogens with zero attached hydrogens (tertiary/aromatic N) is 7. The molecule has 3 fully saturated rings. The van der Waals surface area contributed by atoms with E-state index in [0.717, 1.165) is 0 Å². The number of hydrogen-bond donors (Lipinski definition) is 2. The Labute approximate surface area is 287 Å². The number of amidine groups is 1. The molecule has 14 nitrogen and oxygen atoms in total. The Kier molecular flexibility index (Phi) is 9.04. The molecule has 18 heteroatoms. The van der Waals surface area contributed by atoms with Crippen LogP contribution in [-0.4, -0.2) is 120 Å². The van der Waals surface area contributed by atoms with Crippen LogP contribution in [0.15, 0.2) is 51.4 Å².